The third-order valence-corrected chi connectivity index (χ3v) is 4.97. The monoisotopic (exact) mass is 520 g/mol. The average Bonchev–Trinajstić information content (AvgIpc) is 3.01. The topological polar surface area (TPSA) is 69.4 Å². The number of nitrogens with zero attached hydrogens (tertiary/aromatic N) is 4. The lowest BCUT2D eigenvalue weighted by Crippen LogP contribution is -2.33. The summed E-state index contributed by atoms with van der Waals surface area (Å²) in [6.07, 6.45) is 1.15. The lowest BCUT2D eigenvalue weighted by Gasteiger charge is -2.24. The highest BCUT2D eigenvalue weighted by Crippen LogP contribution is 2.13. The van der Waals surface area contributed by atoms with Crippen LogP contribution in [0.3, 0.4) is 0 Å². The van der Waals surface area contributed by atoms with Gasteiger partial charge in [-0.15, -0.1) is 0 Å². The van der Waals surface area contributed by atoms with Gasteiger partial charge in [-0.25, -0.2) is 18.8 Å². The van der Waals surface area contributed by atoms with Crippen molar-refractivity contribution in [1.82, 2.24) is 19.2 Å². The number of benzene rings is 2. The minimum atomic E-state index is -0.533. The summed E-state index contributed by atoms with van der Waals surface area (Å²) < 4.78 is 9.43. The third-order valence-electron chi connectivity index (χ3n) is 4.29. The smallest absolute Gasteiger partial charge is 0.410 e. The zero-order valence-electron chi connectivity index (χ0n) is 17.5. The van der Waals surface area contributed by atoms with E-state index >= 15 is 0 Å². The van der Waals surface area contributed by atoms with Crippen molar-refractivity contribution in [3.63, 3.8) is 0 Å². The van der Waals surface area contributed by atoms with Gasteiger partial charge in [-0.3, -0.25) is 0 Å². The summed E-state index contributed by atoms with van der Waals surface area (Å²) in [6.45, 7) is 6.34. The number of hydrogen-bond donors (Lipinski definition) is 0. The molecule has 7 nitrogen and oxygen atoms in total. The van der Waals surface area contributed by atoms with Crippen molar-refractivity contribution in [2.45, 2.75) is 39.5 Å². The predicted octanol–water partition coefficient (Wildman–Crippen LogP) is 4.05. The minimum absolute atomic E-state index is 0.201. The summed E-state index contributed by atoms with van der Waals surface area (Å²) in [5.74, 6) is 0. The molecule has 0 bridgehead atoms. The van der Waals surface area contributed by atoms with Crippen LogP contribution in [-0.2, 0) is 17.8 Å². The van der Waals surface area contributed by atoms with Gasteiger partial charge in [-0.05, 0) is 78.8 Å². The molecule has 3 rings (SSSR count). The van der Waals surface area contributed by atoms with Gasteiger partial charge >= 0.3 is 11.8 Å². The second-order valence-corrected chi connectivity index (χ2v) is 9.32. The van der Waals surface area contributed by atoms with Crippen LogP contribution in [0.2, 0.25) is 0 Å². The molecule has 0 spiro atoms. The molecule has 0 N–H and O–H groups in total. The molecule has 0 unspecified atom stereocenters. The van der Waals surface area contributed by atoms with E-state index in [1.807, 2.05) is 69.3 Å². The van der Waals surface area contributed by atoms with E-state index in [2.05, 4.69) is 27.7 Å². The first kappa shape index (κ1) is 22.1. The molecular weight excluding hydrogens is 495 g/mol. The Bertz CT molecular complexity index is 1080. The van der Waals surface area contributed by atoms with Gasteiger partial charge in [-0.2, -0.15) is 5.10 Å². The summed E-state index contributed by atoms with van der Waals surface area (Å²) in [5.41, 5.74) is 1.94. The maximum atomic E-state index is 12.7. The molecule has 8 heteroatoms. The molecule has 30 heavy (non-hydrogen) atoms. The van der Waals surface area contributed by atoms with Crippen LogP contribution in [0.25, 0.3) is 5.69 Å². The molecule has 0 fully saturated rings. The van der Waals surface area contributed by atoms with Crippen molar-refractivity contribution in [3.05, 3.63) is 80.0 Å². The largest absolute Gasteiger partial charge is 0.444 e. The Morgan fingerprint density at radius 3 is 2.47 bits per heavy atom. The highest BCUT2D eigenvalue weighted by Gasteiger charge is 2.19. The van der Waals surface area contributed by atoms with E-state index in [4.69, 9.17) is 4.74 Å². The number of aromatic nitrogens is 3. The van der Waals surface area contributed by atoms with Gasteiger partial charge < -0.3 is 9.64 Å². The highest BCUT2D eigenvalue weighted by molar-refractivity contribution is 14.1. The van der Waals surface area contributed by atoms with Crippen molar-refractivity contribution in [3.8, 4) is 5.69 Å². The normalized spacial score (nSPS) is 11.4. The lowest BCUT2D eigenvalue weighted by atomic mass is 10.2. The summed E-state index contributed by atoms with van der Waals surface area (Å²) in [4.78, 5) is 26.4. The highest BCUT2D eigenvalue weighted by atomic mass is 127. The number of carbonyl (C=O) groups is 1. The van der Waals surface area contributed by atoms with Gasteiger partial charge in [0.05, 0.1) is 12.2 Å². The Balaban J connectivity index is 1.70. The van der Waals surface area contributed by atoms with Crippen LogP contribution < -0.4 is 5.69 Å². The van der Waals surface area contributed by atoms with Crippen LogP contribution in [0, 0.1) is 3.57 Å². The number of halogens is 1. The van der Waals surface area contributed by atoms with E-state index < -0.39 is 5.60 Å². The Labute approximate surface area is 189 Å². The number of amides is 1. The van der Waals surface area contributed by atoms with Crippen LogP contribution in [0.5, 0.6) is 0 Å². The summed E-state index contributed by atoms with van der Waals surface area (Å²) >= 11 is 2.25. The SMILES string of the molecule is CN(Cc1ccc(-n2cnn(Cc3cccc(I)c3)c2=O)cc1)C(=O)OC(C)(C)C. The predicted molar refractivity (Wildman–Crippen MR) is 124 cm³/mol. The Morgan fingerprint density at radius 1 is 1.13 bits per heavy atom. The van der Waals surface area contributed by atoms with E-state index in [-0.39, 0.29) is 11.8 Å². The molecule has 0 saturated heterocycles. The third kappa shape index (κ3) is 5.71. The van der Waals surface area contributed by atoms with E-state index in [1.54, 1.807) is 7.05 Å². The van der Waals surface area contributed by atoms with Crippen LogP contribution in [-0.4, -0.2) is 38.0 Å². The van der Waals surface area contributed by atoms with E-state index in [0.717, 1.165) is 20.4 Å². The zero-order valence-corrected chi connectivity index (χ0v) is 19.7. The molecule has 158 valence electrons. The van der Waals surface area contributed by atoms with Gasteiger partial charge in [-0.1, -0.05) is 24.3 Å². The molecule has 0 radical (unpaired) electrons. The van der Waals surface area contributed by atoms with E-state index in [0.29, 0.717) is 13.1 Å². The van der Waals surface area contributed by atoms with E-state index in [9.17, 15) is 9.59 Å². The van der Waals surface area contributed by atoms with Crippen LogP contribution in [0.4, 0.5) is 4.79 Å². The zero-order chi connectivity index (χ0) is 21.9. The maximum absolute atomic E-state index is 12.7. The van der Waals surface area contributed by atoms with Crippen LogP contribution in [0.15, 0.2) is 59.7 Å². The Kier molecular flexibility index (Phi) is 6.64. The molecule has 1 aromatic heterocycles. The van der Waals surface area contributed by atoms with E-state index in [1.165, 1.54) is 20.5 Å². The summed E-state index contributed by atoms with van der Waals surface area (Å²) in [6, 6.07) is 15.4. The fourth-order valence-electron chi connectivity index (χ4n) is 2.87. The minimum Gasteiger partial charge on any atom is -0.444 e. The first-order valence-electron chi connectivity index (χ1n) is 9.55. The standard InChI is InChI=1S/C22H25IN4O3/c1-22(2,3)30-21(29)25(4)13-16-8-10-19(11-9-16)26-15-24-27(20(26)28)14-17-6-5-7-18(23)12-17/h5-12,15H,13-14H2,1-4H3. The molecule has 1 amide bonds. The quantitative estimate of drug-likeness (QED) is 0.476. The fourth-order valence-corrected chi connectivity index (χ4v) is 3.48. The molecular formula is C22H25IN4O3. The Hall–Kier alpha value is -2.62. The first-order chi connectivity index (χ1) is 14.1. The van der Waals surface area contributed by atoms with Crippen molar-refractivity contribution < 1.29 is 9.53 Å². The molecule has 0 aliphatic rings. The lowest BCUT2D eigenvalue weighted by molar-refractivity contribution is 0.0285. The summed E-state index contributed by atoms with van der Waals surface area (Å²) in [5, 5.41) is 4.24. The van der Waals surface area contributed by atoms with Crippen molar-refractivity contribution in [1.29, 1.82) is 0 Å². The number of carbonyl (C=O) groups excluding carboxylic acids is 1. The molecule has 1 heterocycles. The first-order valence-corrected chi connectivity index (χ1v) is 10.6. The van der Waals surface area contributed by atoms with Crippen LogP contribution >= 0.6 is 22.6 Å². The molecule has 0 saturated carbocycles. The molecule has 0 atom stereocenters. The van der Waals surface area contributed by atoms with Gasteiger partial charge in [0.25, 0.3) is 0 Å². The van der Waals surface area contributed by atoms with Gasteiger partial charge in [0.15, 0.2) is 0 Å². The average molecular weight is 520 g/mol. The van der Waals surface area contributed by atoms with Crippen molar-refractivity contribution >= 4 is 28.7 Å². The molecule has 0 aliphatic carbocycles. The number of hydrogen-bond acceptors (Lipinski definition) is 4. The summed E-state index contributed by atoms with van der Waals surface area (Å²) in [7, 11) is 1.70. The Morgan fingerprint density at radius 2 is 1.83 bits per heavy atom. The maximum Gasteiger partial charge on any atom is 0.410 e. The number of rotatable bonds is 5. The van der Waals surface area contributed by atoms with Gasteiger partial charge in [0.1, 0.15) is 11.9 Å². The molecule has 2 aromatic carbocycles. The van der Waals surface area contributed by atoms with Crippen molar-refractivity contribution in [2.24, 2.45) is 0 Å². The second kappa shape index (κ2) is 9.03. The fraction of sp³-hybridized carbons (Fsp3) is 0.318. The van der Waals surface area contributed by atoms with Gasteiger partial charge in [0.2, 0.25) is 0 Å². The second-order valence-electron chi connectivity index (χ2n) is 8.07. The van der Waals surface area contributed by atoms with Crippen LogP contribution in [0.1, 0.15) is 31.9 Å². The molecule has 0 aliphatic heterocycles. The number of ether oxygens (including phenoxy) is 1. The van der Waals surface area contributed by atoms with Crippen molar-refractivity contribution in [2.75, 3.05) is 7.05 Å². The molecule has 3 aromatic rings. The van der Waals surface area contributed by atoms with Gasteiger partial charge in [0, 0.05) is 17.2 Å².